The number of carbonyl (C=O) groups is 1. The van der Waals surface area contributed by atoms with E-state index in [-0.39, 0.29) is 5.78 Å². The molecule has 1 aromatic heterocycles. The van der Waals surface area contributed by atoms with E-state index in [4.69, 9.17) is 4.42 Å². The van der Waals surface area contributed by atoms with Crippen molar-refractivity contribution in [3.8, 4) is 0 Å². The Morgan fingerprint density at radius 2 is 1.82 bits per heavy atom. The first kappa shape index (κ1) is 13.1. The number of ketones is 1. The van der Waals surface area contributed by atoms with Gasteiger partial charge in [0.2, 0.25) is 0 Å². The smallest absolute Gasteiger partial charge is 0.198 e. The molecule has 0 spiro atoms. The zero-order valence-corrected chi connectivity index (χ0v) is 13.5. The molecule has 0 aliphatic carbocycles. The number of hydrogen-bond acceptors (Lipinski definition) is 2. The fourth-order valence-electron chi connectivity index (χ4n) is 1.42. The Morgan fingerprint density at radius 3 is 2.41 bits per heavy atom. The monoisotopic (exact) mass is 420 g/mol. The molecule has 1 heterocycles. The van der Waals surface area contributed by atoms with Gasteiger partial charge >= 0.3 is 0 Å². The van der Waals surface area contributed by atoms with Crippen LogP contribution in [-0.2, 0) is 0 Å². The number of carbonyl (C=O) groups excluding carboxylic acids is 1. The molecule has 88 valence electrons. The normalized spacial score (nSPS) is 10.6. The van der Waals surface area contributed by atoms with Crippen LogP contribution in [0.3, 0.4) is 0 Å². The number of rotatable bonds is 2. The SMILES string of the molecule is Cc1cc(Br)c(C(=O)c2ccoc2Br)cc1Br. The largest absolute Gasteiger partial charge is 0.457 e. The van der Waals surface area contributed by atoms with Gasteiger partial charge in [-0.05, 0) is 46.6 Å². The summed E-state index contributed by atoms with van der Waals surface area (Å²) in [4.78, 5) is 12.3. The molecule has 0 unspecified atom stereocenters. The lowest BCUT2D eigenvalue weighted by Crippen LogP contribution is -2.02. The van der Waals surface area contributed by atoms with Gasteiger partial charge in [0, 0.05) is 14.5 Å². The highest BCUT2D eigenvalue weighted by Crippen LogP contribution is 2.29. The second kappa shape index (κ2) is 5.08. The molecule has 0 saturated carbocycles. The molecule has 2 rings (SSSR count). The Morgan fingerprint density at radius 1 is 1.12 bits per heavy atom. The highest BCUT2D eigenvalue weighted by Gasteiger charge is 2.18. The summed E-state index contributed by atoms with van der Waals surface area (Å²) in [5.41, 5.74) is 2.19. The van der Waals surface area contributed by atoms with Crippen LogP contribution in [0.5, 0.6) is 0 Å². The highest BCUT2D eigenvalue weighted by molar-refractivity contribution is 9.11. The number of benzene rings is 1. The molecule has 0 aliphatic rings. The molecule has 5 heteroatoms. The second-order valence-electron chi connectivity index (χ2n) is 3.52. The predicted octanol–water partition coefficient (Wildman–Crippen LogP) is 5.11. The molecule has 0 amide bonds. The molecular weight excluding hydrogens is 416 g/mol. The summed E-state index contributed by atoms with van der Waals surface area (Å²) in [7, 11) is 0. The Bertz CT molecular complexity index is 587. The maximum atomic E-state index is 12.3. The van der Waals surface area contributed by atoms with Crippen molar-refractivity contribution in [1.82, 2.24) is 0 Å². The van der Waals surface area contributed by atoms with E-state index in [0.717, 1.165) is 14.5 Å². The molecule has 0 atom stereocenters. The van der Waals surface area contributed by atoms with Gasteiger partial charge in [-0.3, -0.25) is 4.79 Å². The van der Waals surface area contributed by atoms with Crippen molar-refractivity contribution >= 4 is 53.6 Å². The van der Waals surface area contributed by atoms with Crippen LogP contribution in [-0.4, -0.2) is 5.78 Å². The van der Waals surface area contributed by atoms with Crippen LogP contribution in [0.4, 0.5) is 0 Å². The minimum Gasteiger partial charge on any atom is -0.457 e. The van der Waals surface area contributed by atoms with Crippen molar-refractivity contribution in [3.05, 3.63) is 54.8 Å². The fraction of sp³-hybridized carbons (Fsp3) is 0.0833. The van der Waals surface area contributed by atoms with Crippen molar-refractivity contribution in [3.63, 3.8) is 0 Å². The van der Waals surface area contributed by atoms with Crippen LogP contribution in [0.25, 0.3) is 0 Å². The molecule has 0 radical (unpaired) electrons. The van der Waals surface area contributed by atoms with Crippen LogP contribution in [0.15, 0.2) is 42.5 Å². The van der Waals surface area contributed by atoms with Crippen LogP contribution in [0.2, 0.25) is 0 Å². The first-order valence-corrected chi connectivity index (χ1v) is 7.12. The minimum absolute atomic E-state index is 0.0850. The summed E-state index contributed by atoms with van der Waals surface area (Å²) in [6.07, 6.45) is 1.48. The molecular formula is C12H7Br3O2. The zero-order chi connectivity index (χ0) is 12.6. The van der Waals surface area contributed by atoms with Gasteiger partial charge in [-0.25, -0.2) is 0 Å². The van der Waals surface area contributed by atoms with E-state index in [1.807, 2.05) is 13.0 Å². The quantitative estimate of drug-likeness (QED) is 0.630. The predicted molar refractivity (Wildman–Crippen MR) is 76.4 cm³/mol. The van der Waals surface area contributed by atoms with Gasteiger partial charge in [-0.1, -0.05) is 31.9 Å². The molecule has 0 bridgehead atoms. The van der Waals surface area contributed by atoms with E-state index in [2.05, 4.69) is 47.8 Å². The first-order valence-electron chi connectivity index (χ1n) is 4.74. The van der Waals surface area contributed by atoms with E-state index in [0.29, 0.717) is 15.8 Å². The molecule has 2 nitrogen and oxygen atoms in total. The first-order chi connectivity index (χ1) is 8.00. The van der Waals surface area contributed by atoms with E-state index in [1.54, 1.807) is 12.1 Å². The summed E-state index contributed by atoms with van der Waals surface area (Å²) in [5.74, 6) is -0.0850. The van der Waals surface area contributed by atoms with Crippen LogP contribution in [0.1, 0.15) is 21.5 Å². The van der Waals surface area contributed by atoms with Gasteiger partial charge in [0.05, 0.1) is 11.8 Å². The zero-order valence-electron chi connectivity index (χ0n) is 8.76. The lowest BCUT2D eigenvalue weighted by Gasteiger charge is -2.06. The third-order valence-electron chi connectivity index (χ3n) is 2.36. The maximum Gasteiger partial charge on any atom is 0.198 e. The second-order valence-corrected chi connectivity index (χ2v) is 5.95. The van der Waals surface area contributed by atoms with Gasteiger partial charge < -0.3 is 4.42 Å². The van der Waals surface area contributed by atoms with Crippen molar-refractivity contribution in [1.29, 1.82) is 0 Å². The van der Waals surface area contributed by atoms with E-state index in [1.165, 1.54) is 6.26 Å². The van der Waals surface area contributed by atoms with Gasteiger partial charge in [0.15, 0.2) is 10.5 Å². The Kier molecular flexibility index (Phi) is 3.90. The third kappa shape index (κ3) is 2.56. The summed E-state index contributed by atoms with van der Waals surface area (Å²) in [6.45, 7) is 1.97. The van der Waals surface area contributed by atoms with Crippen molar-refractivity contribution < 1.29 is 9.21 Å². The Hall–Kier alpha value is -0.390. The number of hydrogen-bond donors (Lipinski definition) is 0. The van der Waals surface area contributed by atoms with Crippen molar-refractivity contribution in [2.24, 2.45) is 0 Å². The van der Waals surface area contributed by atoms with E-state index < -0.39 is 0 Å². The van der Waals surface area contributed by atoms with Gasteiger partial charge in [-0.15, -0.1) is 0 Å². The van der Waals surface area contributed by atoms with E-state index >= 15 is 0 Å². The summed E-state index contributed by atoms with van der Waals surface area (Å²) >= 11 is 10.0. The molecule has 0 N–H and O–H groups in total. The van der Waals surface area contributed by atoms with Crippen LogP contribution >= 0.6 is 47.8 Å². The summed E-state index contributed by atoms with van der Waals surface area (Å²) in [5, 5.41) is 0. The summed E-state index contributed by atoms with van der Waals surface area (Å²) in [6, 6.07) is 5.36. The van der Waals surface area contributed by atoms with Crippen molar-refractivity contribution in [2.75, 3.05) is 0 Å². The number of furan rings is 1. The van der Waals surface area contributed by atoms with Gasteiger partial charge in [0.1, 0.15) is 0 Å². The molecule has 0 fully saturated rings. The summed E-state index contributed by atoms with van der Waals surface area (Å²) < 4.78 is 7.20. The van der Waals surface area contributed by atoms with Gasteiger partial charge in [0.25, 0.3) is 0 Å². The average Bonchev–Trinajstić information content (AvgIpc) is 2.69. The van der Waals surface area contributed by atoms with Crippen molar-refractivity contribution in [2.45, 2.75) is 6.92 Å². The maximum absolute atomic E-state index is 12.3. The van der Waals surface area contributed by atoms with E-state index in [9.17, 15) is 4.79 Å². The Balaban J connectivity index is 2.52. The highest BCUT2D eigenvalue weighted by atomic mass is 79.9. The number of halogens is 3. The molecule has 1 aromatic carbocycles. The Labute approximate surface area is 124 Å². The lowest BCUT2D eigenvalue weighted by atomic mass is 10.0. The molecule has 0 saturated heterocycles. The topological polar surface area (TPSA) is 30.2 Å². The molecule has 2 aromatic rings. The molecule has 17 heavy (non-hydrogen) atoms. The number of aryl methyl sites for hydroxylation is 1. The standard InChI is InChI=1S/C12H7Br3O2/c1-6-4-10(14)8(5-9(6)13)11(16)7-2-3-17-12(7)15/h2-5H,1H3. The minimum atomic E-state index is -0.0850. The fourth-order valence-corrected chi connectivity index (χ4v) is 2.82. The third-order valence-corrected chi connectivity index (χ3v) is 4.48. The van der Waals surface area contributed by atoms with Crippen LogP contribution < -0.4 is 0 Å². The van der Waals surface area contributed by atoms with Gasteiger partial charge in [-0.2, -0.15) is 0 Å². The van der Waals surface area contributed by atoms with Crippen LogP contribution in [0, 0.1) is 6.92 Å². The average molecular weight is 423 g/mol. The lowest BCUT2D eigenvalue weighted by molar-refractivity contribution is 0.103. The molecule has 0 aliphatic heterocycles.